The minimum Gasteiger partial charge on any atom is -0.394 e. The Morgan fingerprint density at radius 1 is 1.17 bits per heavy atom. The molecule has 2 rings (SSSR count). The Morgan fingerprint density at radius 2 is 1.78 bits per heavy atom. The van der Waals surface area contributed by atoms with Gasteiger partial charge in [0.25, 0.3) is 10.0 Å². The predicted octanol–water partition coefficient (Wildman–Crippen LogP) is 3.19. The highest BCUT2D eigenvalue weighted by molar-refractivity contribution is 7.92. The number of anilines is 1. The van der Waals surface area contributed by atoms with Crippen LogP contribution in [0.25, 0.3) is 0 Å². The van der Waals surface area contributed by atoms with Gasteiger partial charge in [0.1, 0.15) is 11.6 Å². The first-order valence-corrected chi connectivity index (χ1v) is 8.45. The molecule has 2 aromatic rings. The topological polar surface area (TPSA) is 57.6 Å². The van der Waals surface area contributed by atoms with Crippen LogP contribution in [0.1, 0.15) is 6.92 Å². The lowest BCUT2D eigenvalue weighted by Crippen LogP contribution is -2.41. The van der Waals surface area contributed by atoms with Crippen molar-refractivity contribution < 1.29 is 22.3 Å². The maximum absolute atomic E-state index is 14.1. The van der Waals surface area contributed by atoms with Crippen LogP contribution in [0.3, 0.4) is 0 Å². The SMILES string of the molecule is C[C@H](CO)N(c1cc(F)ccc1F)S(=O)(=O)c1ccc(Cl)cc1. The van der Waals surface area contributed by atoms with E-state index < -0.39 is 40.0 Å². The van der Waals surface area contributed by atoms with E-state index in [1.807, 2.05) is 0 Å². The van der Waals surface area contributed by atoms with Gasteiger partial charge in [-0.1, -0.05) is 11.6 Å². The lowest BCUT2D eigenvalue weighted by molar-refractivity contribution is 0.274. The predicted molar refractivity (Wildman–Crippen MR) is 84.0 cm³/mol. The number of hydrogen-bond donors (Lipinski definition) is 1. The number of rotatable bonds is 5. The van der Waals surface area contributed by atoms with Gasteiger partial charge in [-0.3, -0.25) is 4.31 Å². The number of benzene rings is 2. The van der Waals surface area contributed by atoms with Crippen molar-refractivity contribution in [3.05, 3.63) is 59.1 Å². The van der Waals surface area contributed by atoms with Gasteiger partial charge in [-0.05, 0) is 43.3 Å². The Morgan fingerprint density at radius 3 is 2.35 bits per heavy atom. The minimum atomic E-state index is -4.21. The average Bonchev–Trinajstić information content (AvgIpc) is 2.51. The Bertz CT molecular complexity index is 797. The lowest BCUT2D eigenvalue weighted by Gasteiger charge is -2.29. The van der Waals surface area contributed by atoms with E-state index >= 15 is 0 Å². The van der Waals surface area contributed by atoms with Crippen molar-refractivity contribution >= 4 is 27.3 Å². The third kappa shape index (κ3) is 3.63. The second kappa shape index (κ2) is 6.82. The summed E-state index contributed by atoms with van der Waals surface area (Å²) >= 11 is 5.74. The van der Waals surface area contributed by atoms with Crippen LogP contribution in [-0.4, -0.2) is 26.2 Å². The summed E-state index contributed by atoms with van der Waals surface area (Å²) in [7, 11) is -4.21. The molecule has 0 aliphatic rings. The van der Waals surface area contributed by atoms with Gasteiger partial charge in [-0.15, -0.1) is 0 Å². The molecular weight excluding hydrogens is 348 g/mol. The highest BCUT2D eigenvalue weighted by Gasteiger charge is 2.31. The highest BCUT2D eigenvalue weighted by Crippen LogP contribution is 2.29. The van der Waals surface area contributed by atoms with E-state index in [9.17, 15) is 22.3 Å². The van der Waals surface area contributed by atoms with E-state index in [2.05, 4.69) is 0 Å². The number of sulfonamides is 1. The van der Waals surface area contributed by atoms with Crippen LogP contribution < -0.4 is 4.31 Å². The van der Waals surface area contributed by atoms with Crippen molar-refractivity contribution in [2.75, 3.05) is 10.9 Å². The van der Waals surface area contributed by atoms with Crippen LogP contribution in [0.2, 0.25) is 5.02 Å². The molecule has 0 amide bonds. The molecule has 1 atom stereocenters. The third-order valence-corrected chi connectivity index (χ3v) is 5.37. The fraction of sp³-hybridized carbons (Fsp3) is 0.200. The fourth-order valence-electron chi connectivity index (χ4n) is 2.05. The molecule has 0 aliphatic heterocycles. The summed E-state index contributed by atoms with van der Waals surface area (Å²) < 4.78 is 53.7. The molecule has 0 radical (unpaired) electrons. The van der Waals surface area contributed by atoms with Crippen molar-refractivity contribution in [2.45, 2.75) is 17.9 Å². The van der Waals surface area contributed by atoms with E-state index in [4.69, 9.17) is 11.6 Å². The molecule has 0 saturated carbocycles. The van der Waals surface area contributed by atoms with Crippen molar-refractivity contribution in [1.29, 1.82) is 0 Å². The van der Waals surface area contributed by atoms with Crippen molar-refractivity contribution in [2.24, 2.45) is 0 Å². The molecule has 2 aromatic carbocycles. The number of hydrogen-bond acceptors (Lipinski definition) is 3. The van der Waals surface area contributed by atoms with Crippen LogP contribution in [0.4, 0.5) is 14.5 Å². The maximum atomic E-state index is 14.1. The van der Waals surface area contributed by atoms with E-state index in [0.29, 0.717) is 9.33 Å². The maximum Gasteiger partial charge on any atom is 0.264 e. The Labute approximate surface area is 138 Å². The van der Waals surface area contributed by atoms with Gasteiger partial charge >= 0.3 is 0 Å². The molecule has 0 aromatic heterocycles. The van der Waals surface area contributed by atoms with Gasteiger partial charge in [0.05, 0.1) is 23.2 Å². The first-order valence-electron chi connectivity index (χ1n) is 6.63. The average molecular weight is 362 g/mol. The summed E-state index contributed by atoms with van der Waals surface area (Å²) in [6, 6.07) is 6.75. The van der Waals surface area contributed by atoms with Crippen LogP contribution in [0, 0.1) is 11.6 Å². The summed E-state index contributed by atoms with van der Waals surface area (Å²) in [4.78, 5) is -0.147. The van der Waals surface area contributed by atoms with Crippen LogP contribution in [0.5, 0.6) is 0 Å². The smallest absolute Gasteiger partial charge is 0.264 e. The lowest BCUT2D eigenvalue weighted by atomic mass is 10.2. The normalized spacial score (nSPS) is 12.9. The van der Waals surface area contributed by atoms with Crippen LogP contribution in [0.15, 0.2) is 47.4 Å². The standard InChI is InChI=1S/C15H14ClF2NO3S/c1-10(9-20)19(15-8-12(17)4-7-14(15)18)23(21,22)13-5-2-11(16)3-6-13/h2-8,10,20H,9H2,1H3/t10-/m1/s1. The molecule has 0 fully saturated rings. The molecule has 23 heavy (non-hydrogen) atoms. The van der Waals surface area contributed by atoms with Crippen LogP contribution in [-0.2, 0) is 10.0 Å². The second-order valence-electron chi connectivity index (χ2n) is 4.88. The molecule has 1 N–H and O–H groups in total. The Hall–Kier alpha value is -1.70. The molecule has 0 saturated heterocycles. The number of halogens is 3. The second-order valence-corrected chi connectivity index (χ2v) is 7.13. The summed E-state index contributed by atoms with van der Waals surface area (Å²) in [5.41, 5.74) is -0.471. The molecule has 0 spiro atoms. The van der Waals surface area contributed by atoms with E-state index in [1.54, 1.807) is 0 Å². The number of aliphatic hydroxyl groups excluding tert-OH is 1. The molecule has 4 nitrogen and oxygen atoms in total. The summed E-state index contributed by atoms with van der Waals surface area (Å²) in [5.74, 6) is -1.70. The molecule has 0 bridgehead atoms. The minimum absolute atomic E-state index is 0.147. The first kappa shape index (κ1) is 17.7. The summed E-state index contributed by atoms with van der Waals surface area (Å²) in [5, 5.41) is 9.67. The zero-order valence-electron chi connectivity index (χ0n) is 12.1. The van der Waals surface area contributed by atoms with E-state index in [-0.39, 0.29) is 4.90 Å². The molecule has 0 aliphatic carbocycles. The molecule has 8 heteroatoms. The molecule has 0 unspecified atom stereocenters. The fourth-order valence-corrected chi connectivity index (χ4v) is 3.83. The van der Waals surface area contributed by atoms with Crippen molar-refractivity contribution in [3.63, 3.8) is 0 Å². The van der Waals surface area contributed by atoms with E-state index in [0.717, 1.165) is 18.2 Å². The molecule has 0 heterocycles. The molecule has 124 valence electrons. The number of aliphatic hydroxyl groups is 1. The van der Waals surface area contributed by atoms with Crippen LogP contribution >= 0.6 is 11.6 Å². The van der Waals surface area contributed by atoms with Crippen molar-refractivity contribution in [1.82, 2.24) is 0 Å². The summed E-state index contributed by atoms with van der Waals surface area (Å²) in [6.07, 6.45) is 0. The van der Waals surface area contributed by atoms with Gasteiger partial charge in [-0.25, -0.2) is 17.2 Å². The summed E-state index contributed by atoms with van der Waals surface area (Å²) in [6.45, 7) is 0.820. The first-order chi connectivity index (χ1) is 10.8. The Kier molecular flexibility index (Phi) is 5.23. The van der Waals surface area contributed by atoms with Gasteiger partial charge in [-0.2, -0.15) is 0 Å². The Balaban J connectivity index is 2.63. The number of nitrogens with zero attached hydrogens (tertiary/aromatic N) is 1. The zero-order chi connectivity index (χ0) is 17.2. The third-order valence-electron chi connectivity index (χ3n) is 3.18. The van der Waals surface area contributed by atoms with Gasteiger partial charge in [0.2, 0.25) is 0 Å². The zero-order valence-corrected chi connectivity index (χ0v) is 13.7. The highest BCUT2D eigenvalue weighted by atomic mass is 35.5. The van der Waals surface area contributed by atoms with Gasteiger partial charge < -0.3 is 5.11 Å². The van der Waals surface area contributed by atoms with E-state index in [1.165, 1.54) is 31.2 Å². The largest absolute Gasteiger partial charge is 0.394 e. The van der Waals surface area contributed by atoms with Gasteiger partial charge in [0, 0.05) is 11.1 Å². The van der Waals surface area contributed by atoms with Crippen molar-refractivity contribution in [3.8, 4) is 0 Å². The molecular formula is C15H14ClF2NO3S. The quantitative estimate of drug-likeness (QED) is 0.889. The monoisotopic (exact) mass is 361 g/mol. The van der Waals surface area contributed by atoms with Gasteiger partial charge in [0.15, 0.2) is 0 Å².